The summed E-state index contributed by atoms with van der Waals surface area (Å²) < 4.78 is 0. The maximum absolute atomic E-state index is 9.29. The molecule has 1 fully saturated rings. The van der Waals surface area contributed by atoms with Crippen molar-refractivity contribution in [1.82, 2.24) is 10.2 Å². The number of aliphatic hydroxyl groups is 1. The molecular weight excluding hydrogens is 212 g/mol. The lowest BCUT2D eigenvalue weighted by molar-refractivity contribution is 0.203. The molecule has 0 aromatic carbocycles. The molecule has 1 aliphatic carbocycles. The molecule has 0 amide bonds. The molecule has 0 bridgehead atoms. The Kier molecular flexibility index (Phi) is 7.09. The average molecular weight is 242 g/mol. The molecule has 0 aromatic rings. The molecule has 2 N–H and O–H groups in total. The molecule has 0 saturated heterocycles. The minimum Gasteiger partial charge on any atom is -0.395 e. The third kappa shape index (κ3) is 6.39. The van der Waals surface area contributed by atoms with Crippen LogP contribution in [-0.4, -0.2) is 48.8 Å². The Balaban J connectivity index is 2.14. The van der Waals surface area contributed by atoms with Crippen LogP contribution < -0.4 is 5.32 Å². The van der Waals surface area contributed by atoms with E-state index in [2.05, 4.69) is 31.1 Å². The minimum atomic E-state index is 0.245. The molecule has 1 atom stereocenters. The van der Waals surface area contributed by atoms with E-state index < -0.39 is 0 Å². The van der Waals surface area contributed by atoms with E-state index in [1.165, 1.54) is 32.2 Å². The Hall–Kier alpha value is -0.120. The van der Waals surface area contributed by atoms with Crippen molar-refractivity contribution in [2.45, 2.75) is 58.0 Å². The van der Waals surface area contributed by atoms with Crippen LogP contribution in [0.25, 0.3) is 0 Å². The van der Waals surface area contributed by atoms with Crippen molar-refractivity contribution in [2.75, 3.05) is 26.7 Å². The Morgan fingerprint density at radius 2 is 1.94 bits per heavy atom. The van der Waals surface area contributed by atoms with Gasteiger partial charge in [-0.3, -0.25) is 0 Å². The number of rotatable bonds is 8. The van der Waals surface area contributed by atoms with Gasteiger partial charge in [-0.05, 0) is 38.8 Å². The lowest BCUT2D eigenvalue weighted by Gasteiger charge is -2.24. The summed E-state index contributed by atoms with van der Waals surface area (Å²) in [7, 11) is 2.21. The van der Waals surface area contributed by atoms with Gasteiger partial charge < -0.3 is 15.3 Å². The minimum absolute atomic E-state index is 0.245. The second kappa shape index (κ2) is 8.06. The fourth-order valence-electron chi connectivity index (χ4n) is 2.80. The Morgan fingerprint density at radius 1 is 1.29 bits per heavy atom. The third-order valence-corrected chi connectivity index (χ3v) is 3.69. The van der Waals surface area contributed by atoms with Gasteiger partial charge in [0, 0.05) is 18.6 Å². The predicted molar refractivity (Wildman–Crippen MR) is 73.2 cm³/mol. The molecule has 0 aliphatic heterocycles. The highest BCUT2D eigenvalue weighted by atomic mass is 16.3. The molecule has 0 aromatic heterocycles. The Labute approximate surface area is 107 Å². The van der Waals surface area contributed by atoms with Gasteiger partial charge >= 0.3 is 0 Å². The van der Waals surface area contributed by atoms with Crippen molar-refractivity contribution in [3.05, 3.63) is 0 Å². The Bertz CT molecular complexity index is 191. The first-order valence-corrected chi connectivity index (χ1v) is 7.17. The number of nitrogens with one attached hydrogen (secondary N) is 1. The molecule has 102 valence electrons. The van der Waals surface area contributed by atoms with E-state index in [0.29, 0.717) is 6.04 Å². The summed E-state index contributed by atoms with van der Waals surface area (Å²) in [4.78, 5) is 2.43. The van der Waals surface area contributed by atoms with Gasteiger partial charge in [0.15, 0.2) is 0 Å². The second-order valence-corrected chi connectivity index (χ2v) is 5.90. The molecule has 3 nitrogen and oxygen atoms in total. The van der Waals surface area contributed by atoms with Gasteiger partial charge in [0.1, 0.15) is 0 Å². The molecule has 1 saturated carbocycles. The summed E-state index contributed by atoms with van der Waals surface area (Å²) in [5.41, 5.74) is 0. The van der Waals surface area contributed by atoms with Gasteiger partial charge in [-0.2, -0.15) is 0 Å². The fraction of sp³-hybridized carbons (Fsp3) is 1.00. The van der Waals surface area contributed by atoms with E-state index in [9.17, 15) is 5.11 Å². The van der Waals surface area contributed by atoms with E-state index in [1.807, 2.05) is 0 Å². The number of hydrogen-bond acceptors (Lipinski definition) is 3. The first-order valence-electron chi connectivity index (χ1n) is 7.17. The standard InChI is InChI=1S/C14H30N2O/c1-12(2)15-14(11-17)8-9-16(3)10-13-6-4-5-7-13/h12-15,17H,4-11H2,1-3H3. The highest BCUT2D eigenvalue weighted by molar-refractivity contribution is 4.73. The highest BCUT2D eigenvalue weighted by Crippen LogP contribution is 2.25. The smallest absolute Gasteiger partial charge is 0.0585 e. The van der Waals surface area contributed by atoms with Crippen molar-refractivity contribution in [2.24, 2.45) is 5.92 Å². The van der Waals surface area contributed by atoms with Crippen molar-refractivity contribution in [3.63, 3.8) is 0 Å². The molecule has 1 unspecified atom stereocenters. The second-order valence-electron chi connectivity index (χ2n) is 5.90. The fourth-order valence-corrected chi connectivity index (χ4v) is 2.80. The number of nitrogens with zero attached hydrogens (tertiary/aromatic N) is 1. The first kappa shape index (κ1) is 14.9. The van der Waals surface area contributed by atoms with Crippen LogP contribution in [0.1, 0.15) is 46.0 Å². The largest absolute Gasteiger partial charge is 0.395 e. The van der Waals surface area contributed by atoms with Crippen LogP contribution in [0.2, 0.25) is 0 Å². The van der Waals surface area contributed by atoms with E-state index >= 15 is 0 Å². The number of hydrogen-bond donors (Lipinski definition) is 2. The lowest BCUT2D eigenvalue weighted by atomic mass is 10.1. The SMILES string of the molecule is CC(C)NC(CO)CCN(C)CC1CCCC1. The molecular formula is C14H30N2O. The number of aliphatic hydroxyl groups excluding tert-OH is 1. The summed E-state index contributed by atoms with van der Waals surface area (Å²) in [5, 5.41) is 12.7. The topological polar surface area (TPSA) is 35.5 Å². The molecule has 0 radical (unpaired) electrons. The van der Waals surface area contributed by atoms with Crippen LogP contribution in [0.5, 0.6) is 0 Å². The molecule has 1 rings (SSSR count). The van der Waals surface area contributed by atoms with Gasteiger partial charge in [0.05, 0.1) is 6.61 Å². The summed E-state index contributed by atoms with van der Waals surface area (Å²) in [6.07, 6.45) is 6.72. The summed E-state index contributed by atoms with van der Waals surface area (Å²) in [6, 6.07) is 0.702. The van der Waals surface area contributed by atoms with Gasteiger partial charge in [-0.1, -0.05) is 26.7 Å². The van der Waals surface area contributed by atoms with E-state index in [0.717, 1.165) is 18.9 Å². The van der Waals surface area contributed by atoms with Gasteiger partial charge in [-0.25, -0.2) is 0 Å². The molecule has 3 heteroatoms. The Morgan fingerprint density at radius 3 is 2.47 bits per heavy atom. The van der Waals surface area contributed by atoms with Crippen molar-refractivity contribution in [3.8, 4) is 0 Å². The summed E-state index contributed by atoms with van der Waals surface area (Å²) in [6.45, 7) is 6.83. The molecule has 1 aliphatic rings. The molecule has 0 heterocycles. The third-order valence-electron chi connectivity index (χ3n) is 3.69. The van der Waals surface area contributed by atoms with Crippen molar-refractivity contribution >= 4 is 0 Å². The molecule has 17 heavy (non-hydrogen) atoms. The van der Waals surface area contributed by atoms with Gasteiger partial charge in [-0.15, -0.1) is 0 Å². The zero-order chi connectivity index (χ0) is 12.7. The van der Waals surface area contributed by atoms with Crippen LogP contribution in [0.15, 0.2) is 0 Å². The first-order chi connectivity index (χ1) is 8.11. The van der Waals surface area contributed by atoms with E-state index in [4.69, 9.17) is 0 Å². The molecule has 0 spiro atoms. The van der Waals surface area contributed by atoms with Gasteiger partial charge in [0.2, 0.25) is 0 Å². The van der Waals surface area contributed by atoms with Crippen LogP contribution in [-0.2, 0) is 0 Å². The van der Waals surface area contributed by atoms with Crippen molar-refractivity contribution in [1.29, 1.82) is 0 Å². The normalized spacial score (nSPS) is 19.4. The van der Waals surface area contributed by atoms with Crippen molar-refractivity contribution < 1.29 is 5.11 Å². The maximum Gasteiger partial charge on any atom is 0.0585 e. The summed E-state index contributed by atoms with van der Waals surface area (Å²) >= 11 is 0. The summed E-state index contributed by atoms with van der Waals surface area (Å²) in [5.74, 6) is 0.922. The average Bonchev–Trinajstić information content (AvgIpc) is 2.76. The highest BCUT2D eigenvalue weighted by Gasteiger charge is 2.17. The van der Waals surface area contributed by atoms with E-state index in [-0.39, 0.29) is 12.6 Å². The zero-order valence-electron chi connectivity index (χ0n) is 11.8. The van der Waals surface area contributed by atoms with Crippen LogP contribution in [0, 0.1) is 5.92 Å². The quantitative estimate of drug-likeness (QED) is 0.682. The van der Waals surface area contributed by atoms with E-state index in [1.54, 1.807) is 0 Å². The maximum atomic E-state index is 9.29. The predicted octanol–water partition coefficient (Wildman–Crippen LogP) is 1.86. The monoisotopic (exact) mass is 242 g/mol. The zero-order valence-corrected chi connectivity index (χ0v) is 11.8. The van der Waals surface area contributed by atoms with Crippen LogP contribution in [0.3, 0.4) is 0 Å². The van der Waals surface area contributed by atoms with Crippen LogP contribution in [0.4, 0.5) is 0 Å². The van der Waals surface area contributed by atoms with Crippen LogP contribution >= 0.6 is 0 Å². The van der Waals surface area contributed by atoms with Gasteiger partial charge in [0.25, 0.3) is 0 Å². The lowest BCUT2D eigenvalue weighted by Crippen LogP contribution is -2.40.